The highest BCUT2D eigenvalue weighted by atomic mass is 35.5. The molecule has 3 nitrogen and oxygen atoms in total. The summed E-state index contributed by atoms with van der Waals surface area (Å²) in [6.07, 6.45) is 1.33. The molecule has 0 fully saturated rings. The normalized spacial score (nSPS) is 10.8. The molecule has 0 amide bonds. The van der Waals surface area contributed by atoms with Crippen molar-refractivity contribution in [2.45, 2.75) is 0 Å². The molecule has 0 saturated carbocycles. The first-order valence-electron chi connectivity index (χ1n) is 5.55. The number of benzene rings is 2. The Morgan fingerprint density at radius 2 is 1.95 bits per heavy atom. The maximum absolute atomic E-state index is 13.9. The van der Waals surface area contributed by atoms with E-state index in [4.69, 9.17) is 11.6 Å². The molecule has 3 rings (SSSR count). The largest absolute Gasteiger partial charge is 0.508 e. The van der Waals surface area contributed by atoms with Gasteiger partial charge in [-0.2, -0.15) is 0 Å². The highest BCUT2D eigenvalue weighted by Crippen LogP contribution is 2.32. The van der Waals surface area contributed by atoms with Gasteiger partial charge in [-0.15, -0.1) is 0 Å². The number of phenols is 1. The molecule has 3 aromatic rings. The molecule has 0 aliphatic carbocycles. The Kier molecular flexibility index (Phi) is 2.80. The van der Waals surface area contributed by atoms with Crippen LogP contribution in [0.3, 0.4) is 0 Å². The number of nitrogens with zero attached hydrogens (tertiary/aromatic N) is 2. The Bertz CT molecular complexity index is 776. The first kappa shape index (κ1) is 11.9. The van der Waals surface area contributed by atoms with Crippen LogP contribution in [0, 0.1) is 5.82 Å². The second-order valence-corrected chi connectivity index (χ2v) is 4.43. The van der Waals surface area contributed by atoms with Gasteiger partial charge in [-0.1, -0.05) is 23.7 Å². The van der Waals surface area contributed by atoms with E-state index in [1.165, 1.54) is 24.5 Å². The number of halogens is 2. The molecule has 1 aromatic heterocycles. The van der Waals surface area contributed by atoms with Crippen molar-refractivity contribution in [1.82, 2.24) is 9.97 Å². The quantitative estimate of drug-likeness (QED) is 0.734. The lowest BCUT2D eigenvalue weighted by Gasteiger charge is -2.07. The molecule has 94 valence electrons. The molecule has 0 atom stereocenters. The van der Waals surface area contributed by atoms with Gasteiger partial charge < -0.3 is 5.11 Å². The highest BCUT2D eigenvalue weighted by Gasteiger charge is 2.12. The van der Waals surface area contributed by atoms with Crippen molar-refractivity contribution in [1.29, 1.82) is 0 Å². The Hall–Kier alpha value is -2.20. The fraction of sp³-hybridized carbons (Fsp3) is 0. The SMILES string of the molecule is Oc1ccc(F)c(-c2ncnc3c(Cl)cccc23)c1. The zero-order chi connectivity index (χ0) is 13.4. The van der Waals surface area contributed by atoms with Gasteiger partial charge in [-0.3, -0.25) is 0 Å². The number of hydrogen-bond acceptors (Lipinski definition) is 3. The third-order valence-corrected chi connectivity index (χ3v) is 3.13. The van der Waals surface area contributed by atoms with Crippen molar-refractivity contribution >= 4 is 22.5 Å². The zero-order valence-corrected chi connectivity index (χ0v) is 10.4. The lowest BCUT2D eigenvalue weighted by Crippen LogP contribution is -1.92. The molecule has 2 aromatic carbocycles. The molecule has 19 heavy (non-hydrogen) atoms. The fourth-order valence-electron chi connectivity index (χ4n) is 1.96. The predicted octanol–water partition coefficient (Wildman–Crippen LogP) is 3.79. The van der Waals surface area contributed by atoms with Crippen LogP contribution in [0.1, 0.15) is 0 Å². The topological polar surface area (TPSA) is 46.0 Å². The van der Waals surface area contributed by atoms with E-state index in [-0.39, 0.29) is 11.3 Å². The first-order valence-corrected chi connectivity index (χ1v) is 5.93. The summed E-state index contributed by atoms with van der Waals surface area (Å²) < 4.78 is 13.9. The van der Waals surface area contributed by atoms with Crippen molar-refractivity contribution < 1.29 is 9.50 Å². The van der Waals surface area contributed by atoms with Crippen molar-refractivity contribution in [2.24, 2.45) is 0 Å². The summed E-state index contributed by atoms with van der Waals surface area (Å²) in [7, 11) is 0. The van der Waals surface area contributed by atoms with Crippen LogP contribution < -0.4 is 0 Å². The molecule has 0 aliphatic rings. The monoisotopic (exact) mass is 274 g/mol. The molecule has 1 N–H and O–H groups in total. The zero-order valence-electron chi connectivity index (χ0n) is 9.64. The average molecular weight is 275 g/mol. The van der Waals surface area contributed by atoms with Crippen LogP contribution in [0.2, 0.25) is 5.02 Å². The molecule has 0 aliphatic heterocycles. The number of rotatable bonds is 1. The lowest BCUT2D eigenvalue weighted by molar-refractivity contribution is 0.473. The Balaban J connectivity index is 2.37. The summed E-state index contributed by atoms with van der Waals surface area (Å²) >= 11 is 6.05. The highest BCUT2D eigenvalue weighted by molar-refractivity contribution is 6.35. The summed E-state index contributed by atoms with van der Waals surface area (Å²) in [5.74, 6) is -0.483. The minimum atomic E-state index is -0.460. The van der Waals surface area contributed by atoms with Gasteiger partial charge in [0.25, 0.3) is 0 Å². The molecule has 0 bridgehead atoms. The maximum Gasteiger partial charge on any atom is 0.132 e. The number of aromatic hydroxyl groups is 1. The van der Waals surface area contributed by atoms with Crippen LogP contribution in [0.15, 0.2) is 42.7 Å². The molecular weight excluding hydrogens is 267 g/mol. The lowest BCUT2D eigenvalue weighted by atomic mass is 10.1. The predicted molar refractivity (Wildman–Crippen MR) is 71.6 cm³/mol. The number of hydrogen-bond donors (Lipinski definition) is 1. The van der Waals surface area contributed by atoms with Gasteiger partial charge in [0.1, 0.15) is 17.9 Å². The third-order valence-electron chi connectivity index (χ3n) is 2.82. The van der Waals surface area contributed by atoms with E-state index in [0.29, 0.717) is 21.6 Å². The van der Waals surface area contributed by atoms with Gasteiger partial charge in [0.15, 0.2) is 0 Å². The molecule has 0 radical (unpaired) electrons. The van der Waals surface area contributed by atoms with E-state index in [0.717, 1.165) is 0 Å². The van der Waals surface area contributed by atoms with E-state index in [9.17, 15) is 9.50 Å². The number of aromatic nitrogens is 2. The Morgan fingerprint density at radius 1 is 1.11 bits per heavy atom. The molecular formula is C14H8ClFN2O. The number of phenolic OH excluding ortho intramolecular Hbond substituents is 1. The minimum absolute atomic E-state index is 0.0230. The van der Waals surface area contributed by atoms with Crippen molar-refractivity contribution in [3.05, 3.63) is 53.6 Å². The van der Waals surface area contributed by atoms with Gasteiger partial charge >= 0.3 is 0 Å². The summed E-state index contributed by atoms with van der Waals surface area (Å²) in [5.41, 5.74) is 1.17. The van der Waals surface area contributed by atoms with Crippen LogP contribution in [-0.2, 0) is 0 Å². The Morgan fingerprint density at radius 3 is 2.79 bits per heavy atom. The average Bonchev–Trinajstić information content (AvgIpc) is 2.42. The molecule has 5 heteroatoms. The van der Waals surface area contributed by atoms with Crippen LogP contribution in [-0.4, -0.2) is 15.1 Å². The standard InChI is InChI=1S/C14H8ClFN2O/c15-11-3-1-2-9-13(17-7-18-14(9)11)10-6-8(19)4-5-12(10)16/h1-7,19H. The number of fused-ring (bicyclic) bond motifs is 1. The van der Waals surface area contributed by atoms with Crippen LogP contribution >= 0.6 is 11.6 Å². The summed E-state index contributed by atoms with van der Waals surface area (Å²) in [6.45, 7) is 0. The van der Waals surface area contributed by atoms with Gasteiger partial charge in [-0.25, -0.2) is 14.4 Å². The molecule has 0 unspecified atom stereocenters. The molecule has 0 spiro atoms. The first-order chi connectivity index (χ1) is 9.16. The van der Waals surface area contributed by atoms with E-state index < -0.39 is 5.82 Å². The summed E-state index contributed by atoms with van der Waals surface area (Å²) in [4.78, 5) is 8.19. The van der Waals surface area contributed by atoms with Gasteiger partial charge in [0.2, 0.25) is 0 Å². The summed E-state index contributed by atoms with van der Waals surface area (Å²) in [6, 6.07) is 9.04. The summed E-state index contributed by atoms with van der Waals surface area (Å²) in [5, 5.41) is 10.6. The minimum Gasteiger partial charge on any atom is -0.508 e. The van der Waals surface area contributed by atoms with E-state index in [1.54, 1.807) is 18.2 Å². The Labute approximate surface area is 113 Å². The smallest absolute Gasteiger partial charge is 0.132 e. The third kappa shape index (κ3) is 2.00. The van der Waals surface area contributed by atoms with E-state index in [1.807, 2.05) is 0 Å². The van der Waals surface area contributed by atoms with Gasteiger partial charge in [0, 0.05) is 10.9 Å². The van der Waals surface area contributed by atoms with Gasteiger partial charge in [0.05, 0.1) is 16.2 Å². The fourth-order valence-corrected chi connectivity index (χ4v) is 2.18. The molecule has 1 heterocycles. The van der Waals surface area contributed by atoms with E-state index >= 15 is 0 Å². The van der Waals surface area contributed by atoms with E-state index in [2.05, 4.69) is 9.97 Å². The van der Waals surface area contributed by atoms with Crippen molar-refractivity contribution in [3.63, 3.8) is 0 Å². The second-order valence-electron chi connectivity index (χ2n) is 4.02. The van der Waals surface area contributed by atoms with Crippen LogP contribution in [0.5, 0.6) is 5.75 Å². The van der Waals surface area contributed by atoms with Crippen LogP contribution in [0.4, 0.5) is 4.39 Å². The van der Waals surface area contributed by atoms with Crippen molar-refractivity contribution in [2.75, 3.05) is 0 Å². The van der Waals surface area contributed by atoms with Crippen molar-refractivity contribution in [3.8, 4) is 17.0 Å². The molecule has 0 saturated heterocycles. The second kappa shape index (κ2) is 4.48. The van der Waals surface area contributed by atoms with Gasteiger partial charge in [-0.05, 0) is 24.3 Å². The van der Waals surface area contributed by atoms with Crippen LogP contribution in [0.25, 0.3) is 22.2 Å². The number of para-hydroxylation sites is 1. The maximum atomic E-state index is 13.9.